The molecule has 2 saturated heterocycles. The Morgan fingerprint density at radius 3 is 2.22 bits per heavy atom. The van der Waals surface area contributed by atoms with E-state index in [-0.39, 0.29) is 0 Å². The predicted molar refractivity (Wildman–Crippen MR) is 71.0 cm³/mol. The maximum absolute atomic E-state index is 9.80. The van der Waals surface area contributed by atoms with E-state index in [2.05, 4.69) is 19.9 Å². The van der Waals surface area contributed by atoms with Crippen molar-refractivity contribution in [3.05, 3.63) is 29.3 Å². The fraction of sp³-hybridized carbons (Fsp3) is 0.600. The smallest absolute Gasteiger partial charge is 0.119 e. The maximum atomic E-state index is 9.80. The molecular weight excluding hydrogens is 228 g/mol. The molecule has 1 aromatic carbocycles. The number of rotatable bonds is 4. The van der Waals surface area contributed by atoms with E-state index < -0.39 is 0 Å². The van der Waals surface area contributed by atoms with Crippen molar-refractivity contribution in [2.75, 3.05) is 13.2 Å². The third-order valence-corrected chi connectivity index (χ3v) is 2.93. The van der Waals surface area contributed by atoms with Gasteiger partial charge in [0.15, 0.2) is 0 Å². The predicted octanol–water partition coefficient (Wildman–Crippen LogP) is 2.69. The molecular formula is C15H22O3. The zero-order valence-electron chi connectivity index (χ0n) is 11.2. The van der Waals surface area contributed by atoms with Gasteiger partial charge < -0.3 is 14.6 Å². The van der Waals surface area contributed by atoms with Gasteiger partial charge in [0.1, 0.15) is 5.75 Å². The minimum Gasteiger partial charge on any atom is -0.508 e. The van der Waals surface area contributed by atoms with Gasteiger partial charge in [-0.25, -0.2) is 0 Å². The average Bonchev–Trinajstić information content (AvgIpc) is 3.20. The van der Waals surface area contributed by atoms with Crippen LogP contribution in [-0.2, 0) is 22.3 Å². The van der Waals surface area contributed by atoms with E-state index in [4.69, 9.17) is 9.47 Å². The molecule has 0 saturated carbocycles. The molecule has 1 aromatic rings. The second-order valence-corrected chi connectivity index (χ2v) is 4.94. The van der Waals surface area contributed by atoms with Crippen LogP contribution in [-0.4, -0.2) is 30.5 Å². The molecule has 2 aliphatic heterocycles. The first-order valence-electron chi connectivity index (χ1n) is 6.77. The van der Waals surface area contributed by atoms with Crippen LogP contribution in [0.15, 0.2) is 18.2 Å². The quantitative estimate of drug-likeness (QED) is 0.836. The molecule has 2 atom stereocenters. The molecule has 2 heterocycles. The van der Waals surface area contributed by atoms with E-state index >= 15 is 0 Å². The summed E-state index contributed by atoms with van der Waals surface area (Å²) in [6.07, 6.45) is 3.67. The lowest BCUT2D eigenvalue weighted by molar-refractivity contribution is 0.396. The van der Waals surface area contributed by atoms with Crippen molar-refractivity contribution >= 4 is 0 Å². The number of phenols is 1. The van der Waals surface area contributed by atoms with Gasteiger partial charge in [0.2, 0.25) is 0 Å². The first-order valence-corrected chi connectivity index (χ1v) is 6.77. The van der Waals surface area contributed by atoms with Crippen molar-refractivity contribution in [1.29, 1.82) is 0 Å². The van der Waals surface area contributed by atoms with Gasteiger partial charge in [-0.2, -0.15) is 0 Å². The van der Waals surface area contributed by atoms with Crippen molar-refractivity contribution in [3.8, 4) is 5.75 Å². The number of phenolic OH excluding ortho intramolecular Hbond substituents is 1. The number of aromatic hydroxyl groups is 1. The molecule has 3 heteroatoms. The van der Waals surface area contributed by atoms with Gasteiger partial charge >= 0.3 is 0 Å². The van der Waals surface area contributed by atoms with Gasteiger partial charge in [-0.3, -0.25) is 0 Å². The first kappa shape index (κ1) is 13.4. The fourth-order valence-electron chi connectivity index (χ4n) is 1.89. The van der Waals surface area contributed by atoms with E-state index in [1.807, 2.05) is 6.07 Å². The van der Waals surface area contributed by atoms with Crippen LogP contribution in [0, 0.1) is 0 Å². The van der Waals surface area contributed by atoms with Gasteiger partial charge in [-0.1, -0.05) is 32.4 Å². The summed E-state index contributed by atoms with van der Waals surface area (Å²) in [4.78, 5) is 0. The molecule has 2 fully saturated rings. The Morgan fingerprint density at radius 2 is 1.67 bits per heavy atom. The number of ether oxygens (including phenoxy) is 2. The largest absolute Gasteiger partial charge is 0.508 e. The normalized spacial score (nSPS) is 24.1. The highest BCUT2D eigenvalue weighted by Gasteiger charge is 2.28. The minimum atomic E-state index is 0.317. The molecule has 0 bridgehead atoms. The Labute approximate surface area is 109 Å². The second-order valence-electron chi connectivity index (χ2n) is 4.94. The molecule has 100 valence electrons. The van der Waals surface area contributed by atoms with Gasteiger partial charge in [0.05, 0.1) is 25.4 Å². The Hall–Kier alpha value is -1.06. The van der Waals surface area contributed by atoms with E-state index in [0.29, 0.717) is 18.0 Å². The SMILES string of the molecule is CCC.Oc1cccc(CC2CO2)c1CC1CO1. The molecule has 0 amide bonds. The van der Waals surface area contributed by atoms with E-state index in [0.717, 1.165) is 31.6 Å². The lowest BCUT2D eigenvalue weighted by Crippen LogP contribution is -2.02. The molecule has 0 aromatic heterocycles. The first-order chi connectivity index (χ1) is 8.74. The average molecular weight is 250 g/mol. The van der Waals surface area contributed by atoms with Crippen LogP contribution in [0.25, 0.3) is 0 Å². The minimum absolute atomic E-state index is 0.317. The number of epoxide rings is 2. The number of benzene rings is 1. The van der Waals surface area contributed by atoms with Crippen LogP contribution in [0.5, 0.6) is 5.75 Å². The van der Waals surface area contributed by atoms with E-state index in [1.165, 1.54) is 12.0 Å². The molecule has 3 nitrogen and oxygen atoms in total. The highest BCUT2D eigenvalue weighted by molar-refractivity contribution is 5.40. The molecule has 1 N–H and O–H groups in total. The summed E-state index contributed by atoms with van der Waals surface area (Å²) in [6, 6.07) is 5.71. The van der Waals surface area contributed by atoms with Gasteiger partial charge in [0.25, 0.3) is 0 Å². The van der Waals surface area contributed by atoms with Crippen molar-refractivity contribution in [2.24, 2.45) is 0 Å². The van der Waals surface area contributed by atoms with Crippen LogP contribution >= 0.6 is 0 Å². The third kappa shape index (κ3) is 4.00. The van der Waals surface area contributed by atoms with Crippen molar-refractivity contribution in [3.63, 3.8) is 0 Å². The summed E-state index contributed by atoms with van der Waals surface area (Å²) in [5, 5.41) is 9.80. The third-order valence-electron chi connectivity index (χ3n) is 2.93. The van der Waals surface area contributed by atoms with E-state index in [9.17, 15) is 5.11 Å². The lowest BCUT2D eigenvalue weighted by atomic mass is 9.98. The second kappa shape index (κ2) is 6.21. The Bertz CT molecular complexity index is 381. The van der Waals surface area contributed by atoms with Crippen LogP contribution in [0.2, 0.25) is 0 Å². The van der Waals surface area contributed by atoms with Crippen LogP contribution in [0.4, 0.5) is 0 Å². The van der Waals surface area contributed by atoms with Crippen molar-refractivity contribution < 1.29 is 14.6 Å². The monoisotopic (exact) mass is 250 g/mol. The Morgan fingerprint density at radius 1 is 1.11 bits per heavy atom. The van der Waals surface area contributed by atoms with E-state index in [1.54, 1.807) is 6.07 Å². The summed E-state index contributed by atoms with van der Waals surface area (Å²) in [5.41, 5.74) is 2.24. The molecule has 3 rings (SSSR count). The molecule has 2 unspecified atom stereocenters. The maximum Gasteiger partial charge on any atom is 0.119 e. The summed E-state index contributed by atoms with van der Waals surface area (Å²) in [6.45, 7) is 5.93. The van der Waals surface area contributed by atoms with Gasteiger partial charge in [-0.05, 0) is 17.2 Å². The summed E-state index contributed by atoms with van der Waals surface area (Å²) >= 11 is 0. The zero-order valence-corrected chi connectivity index (χ0v) is 11.2. The summed E-state index contributed by atoms with van der Waals surface area (Å²) in [7, 11) is 0. The Kier molecular flexibility index (Phi) is 4.61. The fourth-order valence-corrected chi connectivity index (χ4v) is 1.89. The standard InChI is InChI=1S/C12H14O3.C3H8/c13-12-3-1-2-8(4-9-6-14-9)11(12)5-10-7-15-10;1-3-2/h1-3,9-10,13H,4-7H2;3H2,1-2H3. The molecule has 0 spiro atoms. The van der Waals surface area contributed by atoms with Gasteiger partial charge in [0, 0.05) is 12.8 Å². The van der Waals surface area contributed by atoms with Crippen LogP contribution in [0.1, 0.15) is 31.4 Å². The van der Waals surface area contributed by atoms with Crippen molar-refractivity contribution in [1.82, 2.24) is 0 Å². The number of hydrogen-bond acceptors (Lipinski definition) is 3. The lowest BCUT2D eigenvalue weighted by Gasteiger charge is -2.09. The molecule has 18 heavy (non-hydrogen) atoms. The van der Waals surface area contributed by atoms with Crippen molar-refractivity contribution in [2.45, 2.75) is 45.3 Å². The van der Waals surface area contributed by atoms with Crippen LogP contribution < -0.4 is 0 Å². The number of hydrogen-bond donors (Lipinski definition) is 1. The molecule has 0 aliphatic carbocycles. The highest BCUT2D eigenvalue weighted by atomic mass is 16.6. The Balaban J connectivity index is 0.000000367. The molecule has 0 radical (unpaired) electrons. The summed E-state index contributed by atoms with van der Waals surface area (Å²) in [5.74, 6) is 0.392. The molecule has 2 aliphatic rings. The van der Waals surface area contributed by atoms with Crippen LogP contribution in [0.3, 0.4) is 0 Å². The topological polar surface area (TPSA) is 45.3 Å². The zero-order chi connectivity index (χ0) is 13.0. The highest BCUT2D eigenvalue weighted by Crippen LogP contribution is 2.29. The van der Waals surface area contributed by atoms with Gasteiger partial charge in [-0.15, -0.1) is 0 Å². The summed E-state index contributed by atoms with van der Waals surface area (Å²) < 4.78 is 10.4.